The largest absolute Gasteiger partial charge is 0.354 e. The number of hydrogen-bond donors (Lipinski definition) is 2. The van der Waals surface area contributed by atoms with Gasteiger partial charge in [0.2, 0.25) is 5.89 Å². The lowest BCUT2D eigenvalue weighted by molar-refractivity contribution is 0.198. The Balaban J connectivity index is 1.41. The van der Waals surface area contributed by atoms with E-state index in [1.165, 1.54) is 5.56 Å². The Bertz CT molecular complexity index is 722. The molecule has 140 valence electrons. The standard InChI is InChI=1S/C18H25BrN6O/c1-13-22-17(24-26-13)11-21-18(20-2)23-16-7-9-25(10-8-16)12-14-3-5-15(19)6-4-14/h3-6,16H,7-12H2,1-2H3,(H2,20,21,23). The fourth-order valence-electron chi connectivity index (χ4n) is 3.05. The molecule has 2 N–H and O–H groups in total. The zero-order valence-electron chi connectivity index (χ0n) is 15.2. The van der Waals surface area contributed by atoms with E-state index in [0.29, 0.717) is 24.3 Å². The molecular formula is C18H25BrN6O. The number of nitrogens with one attached hydrogen (secondary N) is 2. The van der Waals surface area contributed by atoms with E-state index < -0.39 is 0 Å². The average Bonchev–Trinajstić information content (AvgIpc) is 3.07. The minimum absolute atomic E-state index is 0.425. The average molecular weight is 421 g/mol. The Morgan fingerprint density at radius 1 is 1.31 bits per heavy atom. The van der Waals surface area contributed by atoms with Crippen LogP contribution >= 0.6 is 15.9 Å². The highest BCUT2D eigenvalue weighted by Crippen LogP contribution is 2.16. The Hall–Kier alpha value is -1.93. The molecule has 2 aromatic rings. The van der Waals surface area contributed by atoms with Gasteiger partial charge in [0.25, 0.3) is 0 Å². The number of benzene rings is 1. The van der Waals surface area contributed by atoms with Gasteiger partial charge in [0.15, 0.2) is 11.8 Å². The summed E-state index contributed by atoms with van der Waals surface area (Å²) in [7, 11) is 1.78. The maximum Gasteiger partial charge on any atom is 0.223 e. The first-order valence-electron chi connectivity index (χ1n) is 8.85. The number of hydrogen-bond acceptors (Lipinski definition) is 5. The van der Waals surface area contributed by atoms with Crippen molar-refractivity contribution in [3.05, 3.63) is 46.0 Å². The Labute approximate surface area is 162 Å². The smallest absolute Gasteiger partial charge is 0.223 e. The van der Waals surface area contributed by atoms with E-state index in [1.54, 1.807) is 14.0 Å². The summed E-state index contributed by atoms with van der Waals surface area (Å²) in [6, 6.07) is 8.99. The number of rotatable bonds is 5. The molecule has 3 rings (SSSR count). The van der Waals surface area contributed by atoms with E-state index >= 15 is 0 Å². The Morgan fingerprint density at radius 3 is 2.65 bits per heavy atom. The number of nitrogens with zero attached hydrogens (tertiary/aromatic N) is 4. The monoisotopic (exact) mass is 420 g/mol. The third-order valence-electron chi connectivity index (χ3n) is 4.46. The zero-order valence-corrected chi connectivity index (χ0v) is 16.8. The molecule has 1 aromatic heterocycles. The third-order valence-corrected chi connectivity index (χ3v) is 4.98. The first-order valence-corrected chi connectivity index (χ1v) is 9.65. The summed E-state index contributed by atoms with van der Waals surface area (Å²) in [5.74, 6) is 1.98. The van der Waals surface area contributed by atoms with E-state index in [9.17, 15) is 0 Å². The second kappa shape index (κ2) is 9.14. The van der Waals surface area contributed by atoms with Gasteiger partial charge in [-0.05, 0) is 30.5 Å². The molecular weight excluding hydrogens is 396 g/mol. The molecule has 7 nitrogen and oxygen atoms in total. The van der Waals surface area contributed by atoms with Gasteiger partial charge in [-0.15, -0.1) is 0 Å². The SMILES string of the molecule is CN=C(NCc1noc(C)n1)NC1CCN(Cc2ccc(Br)cc2)CC1. The molecule has 0 saturated carbocycles. The van der Waals surface area contributed by atoms with Gasteiger partial charge < -0.3 is 15.2 Å². The molecule has 1 saturated heterocycles. The van der Waals surface area contributed by atoms with Crippen LogP contribution in [0.15, 0.2) is 38.3 Å². The quantitative estimate of drug-likeness (QED) is 0.571. The van der Waals surface area contributed by atoms with Gasteiger partial charge in [0, 0.05) is 44.1 Å². The van der Waals surface area contributed by atoms with E-state index in [1.807, 2.05) is 0 Å². The molecule has 1 aromatic carbocycles. The van der Waals surface area contributed by atoms with Crippen molar-refractivity contribution in [3.8, 4) is 0 Å². The second-order valence-corrected chi connectivity index (χ2v) is 7.39. The fraction of sp³-hybridized carbons (Fsp3) is 0.500. The van der Waals surface area contributed by atoms with Crippen molar-refractivity contribution < 1.29 is 4.52 Å². The highest BCUT2D eigenvalue weighted by Gasteiger charge is 2.20. The molecule has 0 unspecified atom stereocenters. The number of aromatic nitrogens is 2. The van der Waals surface area contributed by atoms with Crippen LogP contribution in [-0.4, -0.2) is 47.2 Å². The topological polar surface area (TPSA) is 78.6 Å². The van der Waals surface area contributed by atoms with Crippen LogP contribution in [0.3, 0.4) is 0 Å². The normalized spacial score (nSPS) is 16.7. The van der Waals surface area contributed by atoms with Crippen molar-refractivity contribution >= 4 is 21.9 Å². The molecule has 8 heteroatoms. The van der Waals surface area contributed by atoms with Crippen molar-refractivity contribution in [1.82, 2.24) is 25.7 Å². The highest BCUT2D eigenvalue weighted by molar-refractivity contribution is 9.10. The lowest BCUT2D eigenvalue weighted by Crippen LogP contribution is -2.48. The van der Waals surface area contributed by atoms with Crippen molar-refractivity contribution in [2.24, 2.45) is 4.99 Å². The van der Waals surface area contributed by atoms with E-state index in [2.05, 4.69) is 70.9 Å². The van der Waals surface area contributed by atoms with Crippen LogP contribution in [0.1, 0.15) is 30.1 Å². The summed E-state index contributed by atoms with van der Waals surface area (Å²) in [6.07, 6.45) is 2.19. The van der Waals surface area contributed by atoms with Gasteiger partial charge in [0.1, 0.15) is 0 Å². The predicted octanol–water partition coefficient (Wildman–Crippen LogP) is 2.47. The maximum absolute atomic E-state index is 4.98. The first kappa shape index (κ1) is 18.8. The van der Waals surface area contributed by atoms with Crippen LogP contribution in [0.4, 0.5) is 0 Å². The molecule has 0 spiro atoms. The Kier molecular flexibility index (Phi) is 6.62. The van der Waals surface area contributed by atoms with Crippen LogP contribution in [0.5, 0.6) is 0 Å². The van der Waals surface area contributed by atoms with Crippen molar-refractivity contribution in [3.63, 3.8) is 0 Å². The van der Waals surface area contributed by atoms with Gasteiger partial charge in [-0.3, -0.25) is 9.89 Å². The van der Waals surface area contributed by atoms with Crippen LogP contribution in [0.2, 0.25) is 0 Å². The van der Waals surface area contributed by atoms with E-state index in [-0.39, 0.29) is 0 Å². The summed E-state index contributed by atoms with van der Waals surface area (Å²) < 4.78 is 6.10. The van der Waals surface area contributed by atoms with E-state index in [0.717, 1.165) is 42.9 Å². The number of piperidine rings is 1. The summed E-state index contributed by atoms with van der Waals surface area (Å²) >= 11 is 3.48. The van der Waals surface area contributed by atoms with Gasteiger partial charge in [-0.1, -0.05) is 33.2 Å². The molecule has 26 heavy (non-hydrogen) atoms. The predicted molar refractivity (Wildman–Crippen MR) is 105 cm³/mol. The molecule has 1 aliphatic rings. The third kappa shape index (κ3) is 5.54. The van der Waals surface area contributed by atoms with Crippen molar-refractivity contribution in [2.45, 2.75) is 38.9 Å². The van der Waals surface area contributed by atoms with Gasteiger partial charge in [-0.2, -0.15) is 4.98 Å². The maximum atomic E-state index is 4.98. The van der Waals surface area contributed by atoms with Gasteiger partial charge >= 0.3 is 0 Å². The number of halogens is 1. The van der Waals surface area contributed by atoms with Crippen LogP contribution in [0, 0.1) is 6.92 Å². The summed E-state index contributed by atoms with van der Waals surface area (Å²) in [5.41, 5.74) is 1.35. The first-order chi connectivity index (χ1) is 12.6. The lowest BCUT2D eigenvalue weighted by atomic mass is 10.0. The minimum Gasteiger partial charge on any atom is -0.354 e. The summed E-state index contributed by atoms with van der Waals surface area (Å²) in [5, 5.41) is 10.6. The van der Waals surface area contributed by atoms with Crippen molar-refractivity contribution in [2.75, 3.05) is 20.1 Å². The summed E-state index contributed by atoms with van der Waals surface area (Å²) in [6.45, 7) is 5.44. The summed E-state index contributed by atoms with van der Waals surface area (Å²) in [4.78, 5) is 11.0. The molecule has 0 aliphatic carbocycles. The van der Waals surface area contributed by atoms with Crippen LogP contribution in [-0.2, 0) is 13.1 Å². The second-order valence-electron chi connectivity index (χ2n) is 6.48. The van der Waals surface area contributed by atoms with Crippen LogP contribution < -0.4 is 10.6 Å². The zero-order chi connectivity index (χ0) is 18.4. The molecule has 0 amide bonds. The van der Waals surface area contributed by atoms with Crippen LogP contribution in [0.25, 0.3) is 0 Å². The lowest BCUT2D eigenvalue weighted by Gasteiger charge is -2.33. The molecule has 0 radical (unpaired) electrons. The molecule has 2 heterocycles. The van der Waals surface area contributed by atoms with Gasteiger partial charge in [0.05, 0.1) is 6.54 Å². The minimum atomic E-state index is 0.425. The number of guanidine groups is 1. The highest BCUT2D eigenvalue weighted by atomic mass is 79.9. The molecule has 1 aliphatic heterocycles. The molecule has 0 atom stereocenters. The van der Waals surface area contributed by atoms with Crippen molar-refractivity contribution in [1.29, 1.82) is 0 Å². The molecule has 0 bridgehead atoms. The fourth-order valence-corrected chi connectivity index (χ4v) is 3.31. The van der Waals surface area contributed by atoms with E-state index in [4.69, 9.17) is 4.52 Å². The number of aryl methyl sites for hydroxylation is 1. The molecule has 1 fully saturated rings. The number of likely N-dealkylation sites (tertiary alicyclic amines) is 1. The number of aliphatic imine (C=N–C) groups is 1. The van der Waals surface area contributed by atoms with Gasteiger partial charge in [-0.25, -0.2) is 0 Å². The Morgan fingerprint density at radius 2 is 2.04 bits per heavy atom.